The van der Waals surface area contributed by atoms with Crippen LogP contribution in [0.2, 0.25) is 0 Å². The van der Waals surface area contributed by atoms with E-state index in [1.54, 1.807) is 0 Å². The van der Waals surface area contributed by atoms with Gasteiger partial charge in [0.25, 0.3) is 0 Å². The zero-order valence-corrected chi connectivity index (χ0v) is 18.5. The fraction of sp³-hybridized carbons (Fsp3) is 0.565. The van der Waals surface area contributed by atoms with Gasteiger partial charge in [0, 0.05) is 30.1 Å². The van der Waals surface area contributed by atoms with Crippen molar-refractivity contribution in [2.24, 2.45) is 5.92 Å². The number of nitrogens with one attached hydrogen (secondary N) is 2. The quantitative estimate of drug-likeness (QED) is 0.627. The second-order valence-corrected chi connectivity index (χ2v) is 10.0. The largest absolute Gasteiger partial charge is 0.353 e. The molecule has 3 aromatic heterocycles. The maximum absolute atomic E-state index is 12.9. The summed E-state index contributed by atoms with van der Waals surface area (Å²) in [5, 5.41) is 13.4. The lowest BCUT2D eigenvalue weighted by Crippen LogP contribution is -2.38. The molecule has 0 aromatic carbocycles. The molecule has 0 spiro atoms. The van der Waals surface area contributed by atoms with Crippen molar-refractivity contribution < 1.29 is 4.79 Å². The Morgan fingerprint density at radius 2 is 2.06 bits per heavy atom. The number of carbonyl (C=O) groups is 1. The predicted octanol–water partition coefficient (Wildman–Crippen LogP) is 4.11. The first kappa shape index (κ1) is 20.4. The van der Waals surface area contributed by atoms with Gasteiger partial charge in [-0.05, 0) is 62.0 Å². The van der Waals surface area contributed by atoms with Gasteiger partial charge in [-0.2, -0.15) is 17.0 Å². The Hall–Kier alpha value is -2.53. The van der Waals surface area contributed by atoms with E-state index >= 15 is 0 Å². The molecule has 0 radical (unpaired) electrons. The normalized spacial score (nSPS) is 22.5. The summed E-state index contributed by atoms with van der Waals surface area (Å²) >= 11 is 1.96. The third kappa shape index (κ3) is 4.16. The van der Waals surface area contributed by atoms with E-state index in [9.17, 15) is 4.79 Å². The highest BCUT2D eigenvalue weighted by molar-refractivity contribution is 7.99. The average molecular weight is 437 g/mol. The minimum absolute atomic E-state index is 0.0601. The standard InChI is InChI=1S/C23H28N6OS/c24-9-5-15-1-3-17(4-2-15)29-20(13-21(30)27-16-7-11-31-12-8-16)28-19-14-26-23-18(22(19)29)6-10-25-23/h6,10,14-17H,1-5,7-8,11-13H2,(H,25,26)(H,27,30)/t15-,17-. The number of aromatic amines is 1. The van der Waals surface area contributed by atoms with Gasteiger partial charge in [-0.25, -0.2) is 9.97 Å². The van der Waals surface area contributed by atoms with Gasteiger partial charge in [0.2, 0.25) is 5.91 Å². The molecule has 4 heterocycles. The molecule has 1 saturated heterocycles. The van der Waals surface area contributed by atoms with Crippen molar-refractivity contribution in [3.8, 4) is 6.07 Å². The molecule has 8 heteroatoms. The summed E-state index contributed by atoms with van der Waals surface area (Å²) in [7, 11) is 0. The lowest BCUT2D eigenvalue weighted by Gasteiger charge is -2.30. The summed E-state index contributed by atoms with van der Waals surface area (Å²) in [5.74, 6) is 3.61. The van der Waals surface area contributed by atoms with Crippen molar-refractivity contribution in [1.29, 1.82) is 5.26 Å². The minimum atomic E-state index is 0.0601. The molecule has 2 aliphatic rings. The van der Waals surface area contributed by atoms with Crippen LogP contribution < -0.4 is 5.32 Å². The third-order valence-corrected chi connectivity index (χ3v) is 7.82. The van der Waals surface area contributed by atoms with Crippen LogP contribution >= 0.6 is 11.8 Å². The zero-order valence-electron chi connectivity index (χ0n) is 17.6. The molecule has 162 valence electrons. The van der Waals surface area contributed by atoms with E-state index in [1.165, 1.54) is 0 Å². The molecule has 2 N–H and O–H groups in total. The SMILES string of the molecule is N#CC[C@H]1CC[C@H](n2c(CC(=O)NC3CCSCC3)nc3cnc4[nH]ccc4c32)CC1. The molecule has 0 atom stereocenters. The Kier molecular flexibility index (Phi) is 5.86. The third-order valence-electron chi connectivity index (χ3n) is 6.77. The Morgan fingerprint density at radius 1 is 1.26 bits per heavy atom. The molecule has 1 aliphatic heterocycles. The maximum Gasteiger partial charge on any atom is 0.227 e. The molecular formula is C23H28N6OS. The van der Waals surface area contributed by atoms with E-state index < -0.39 is 0 Å². The van der Waals surface area contributed by atoms with Crippen LogP contribution in [0, 0.1) is 17.2 Å². The van der Waals surface area contributed by atoms with Gasteiger partial charge < -0.3 is 14.9 Å². The molecule has 0 unspecified atom stereocenters. The van der Waals surface area contributed by atoms with E-state index in [2.05, 4.69) is 25.9 Å². The number of H-pyrrole nitrogens is 1. The Balaban J connectivity index is 1.46. The molecule has 2 fully saturated rings. The van der Waals surface area contributed by atoms with Crippen molar-refractivity contribution in [1.82, 2.24) is 24.8 Å². The van der Waals surface area contributed by atoms with Gasteiger partial charge >= 0.3 is 0 Å². The van der Waals surface area contributed by atoms with Crippen molar-refractivity contribution in [3.63, 3.8) is 0 Å². The van der Waals surface area contributed by atoms with Crippen LogP contribution in [-0.2, 0) is 11.2 Å². The second-order valence-electron chi connectivity index (χ2n) is 8.80. The van der Waals surface area contributed by atoms with Crippen LogP contribution in [0.15, 0.2) is 18.5 Å². The summed E-state index contributed by atoms with van der Waals surface area (Å²) in [4.78, 5) is 25.5. The highest BCUT2D eigenvalue weighted by Gasteiger charge is 2.28. The topological polar surface area (TPSA) is 99.4 Å². The van der Waals surface area contributed by atoms with E-state index in [4.69, 9.17) is 10.2 Å². The molecular weight excluding hydrogens is 408 g/mol. The fourth-order valence-corrected chi connectivity index (χ4v) is 6.27. The smallest absolute Gasteiger partial charge is 0.227 e. The van der Waals surface area contributed by atoms with E-state index in [1.807, 2.05) is 30.2 Å². The first-order valence-corrected chi connectivity index (χ1v) is 12.5. The van der Waals surface area contributed by atoms with Crippen LogP contribution in [0.25, 0.3) is 22.1 Å². The molecule has 1 amide bonds. The minimum Gasteiger partial charge on any atom is -0.353 e. The number of fused-ring (bicyclic) bond motifs is 3. The fourth-order valence-electron chi connectivity index (χ4n) is 5.16. The van der Waals surface area contributed by atoms with Crippen LogP contribution in [-0.4, -0.2) is 43.0 Å². The first-order chi connectivity index (χ1) is 15.2. The number of rotatable bonds is 5. The Labute approximate surface area is 186 Å². The number of hydrogen-bond donors (Lipinski definition) is 2. The summed E-state index contributed by atoms with van der Waals surface area (Å²) < 4.78 is 2.31. The van der Waals surface area contributed by atoms with Crippen molar-refractivity contribution >= 4 is 39.7 Å². The maximum atomic E-state index is 12.9. The van der Waals surface area contributed by atoms with Crippen LogP contribution in [0.3, 0.4) is 0 Å². The van der Waals surface area contributed by atoms with Gasteiger partial charge in [-0.1, -0.05) is 0 Å². The lowest BCUT2D eigenvalue weighted by atomic mass is 9.84. The van der Waals surface area contributed by atoms with Crippen LogP contribution in [0.4, 0.5) is 0 Å². The number of pyridine rings is 1. The van der Waals surface area contributed by atoms with Gasteiger partial charge in [0.15, 0.2) is 0 Å². The highest BCUT2D eigenvalue weighted by atomic mass is 32.2. The number of thioether (sulfide) groups is 1. The number of amides is 1. The molecule has 1 aliphatic carbocycles. The monoisotopic (exact) mass is 436 g/mol. The molecule has 5 rings (SSSR count). The predicted molar refractivity (Wildman–Crippen MR) is 123 cm³/mol. The zero-order chi connectivity index (χ0) is 21.2. The number of nitrogens with zero attached hydrogens (tertiary/aromatic N) is 4. The van der Waals surface area contributed by atoms with Gasteiger partial charge in [0.1, 0.15) is 17.0 Å². The number of aromatic nitrogens is 4. The Bertz CT molecular complexity index is 1110. The molecule has 31 heavy (non-hydrogen) atoms. The summed E-state index contributed by atoms with van der Waals surface area (Å²) in [6, 6.07) is 4.96. The molecule has 3 aromatic rings. The van der Waals surface area contributed by atoms with Gasteiger partial charge in [-0.3, -0.25) is 4.79 Å². The van der Waals surface area contributed by atoms with Crippen molar-refractivity contribution in [2.75, 3.05) is 11.5 Å². The molecule has 7 nitrogen and oxygen atoms in total. The lowest BCUT2D eigenvalue weighted by molar-refractivity contribution is -0.121. The van der Waals surface area contributed by atoms with E-state index in [-0.39, 0.29) is 11.9 Å². The Morgan fingerprint density at radius 3 is 2.84 bits per heavy atom. The van der Waals surface area contributed by atoms with Crippen molar-refractivity contribution in [2.45, 2.75) is 63.5 Å². The molecule has 0 bridgehead atoms. The van der Waals surface area contributed by atoms with Gasteiger partial charge in [-0.15, -0.1) is 0 Å². The summed E-state index contributed by atoms with van der Waals surface area (Å²) in [6.07, 6.45) is 10.9. The molecule has 1 saturated carbocycles. The highest BCUT2D eigenvalue weighted by Crippen LogP contribution is 2.38. The average Bonchev–Trinajstić information content (AvgIpc) is 3.39. The number of nitriles is 1. The number of carbonyl (C=O) groups excluding carboxylic acids is 1. The summed E-state index contributed by atoms with van der Waals surface area (Å²) in [5.41, 5.74) is 2.78. The summed E-state index contributed by atoms with van der Waals surface area (Å²) in [6.45, 7) is 0. The number of imidazole rings is 1. The van der Waals surface area contributed by atoms with Crippen LogP contribution in [0.1, 0.15) is 56.8 Å². The van der Waals surface area contributed by atoms with E-state index in [0.29, 0.717) is 24.8 Å². The van der Waals surface area contributed by atoms with E-state index in [0.717, 1.165) is 77.9 Å². The van der Waals surface area contributed by atoms with Crippen LogP contribution in [0.5, 0.6) is 0 Å². The second kappa shape index (κ2) is 8.91. The van der Waals surface area contributed by atoms with Crippen molar-refractivity contribution in [3.05, 3.63) is 24.3 Å². The number of hydrogen-bond acceptors (Lipinski definition) is 5. The first-order valence-electron chi connectivity index (χ1n) is 11.3. The van der Waals surface area contributed by atoms with Gasteiger partial charge in [0.05, 0.1) is 24.2 Å².